The summed E-state index contributed by atoms with van der Waals surface area (Å²) in [6, 6.07) is 0. The zero-order chi connectivity index (χ0) is 10.8. The molecule has 0 unspecified atom stereocenters. The minimum absolute atomic E-state index is 0.104. The Labute approximate surface area is 87.8 Å². The van der Waals surface area contributed by atoms with Gasteiger partial charge in [0.1, 0.15) is 12.1 Å². The van der Waals surface area contributed by atoms with Crippen LogP contribution in [0.25, 0.3) is 0 Å². The Morgan fingerprint density at radius 1 is 1.40 bits per heavy atom. The molecule has 1 saturated heterocycles. The first-order valence-corrected chi connectivity index (χ1v) is 5.00. The van der Waals surface area contributed by atoms with E-state index in [1.807, 2.05) is 0 Å². The van der Waals surface area contributed by atoms with Crippen molar-refractivity contribution in [3.05, 3.63) is 17.6 Å². The zero-order valence-corrected chi connectivity index (χ0v) is 8.60. The fraction of sp³-hybridized carbons (Fsp3) is 0.500. The standard InChI is InChI=1S/C10H13N3O2/c1-7-8(10(14)15)11-6-12-9(7)13-4-2-3-5-13/h6H,2-5H2,1H3,(H,14,15). The average molecular weight is 207 g/mol. The highest BCUT2D eigenvalue weighted by Crippen LogP contribution is 2.22. The summed E-state index contributed by atoms with van der Waals surface area (Å²) in [5.74, 6) is -0.227. The SMILES string of the molecule is Cc1c(C(=O)O)ncnc1N1CCCC1. The largest absolute Gasteiger partial charge is 0.476 e. The maximum absolute atomic E-state index is 10.9. The molecule has 0 amide bonds. The molecule has 1 aliphatic heterocycles. The molecule has 0 spiro atoms. The van der Waals surface area contributed by atoms with Gasteiger partial charge in [-0.05, 0) is 19.8 Å². The molecule has 80 valence electrons. The molecule has 1 N–H and O–H groups in total. The third-order valence-corrected chi connectivity index (χ3v) is 2.67. The molecular weight excluding hydrogens is 194 g/mol. The molecule has 0 atom stereocenters. The van der Waals surface area contributed by atoms with Gasteiger partial charge < -0.3 is 10.0 Å². The molecule has 0 saturated carbocycles. The minimum atomic E-state index is -0.990. The third kappa shape index (κ3) is 1.77. The molecule has 5 nitrogen and oxygen atoms in total. The predicted molar refractivity (Wildman–Crippen MR) is 55.2 cm³/mol. The smallest absolute Gasteiger partial charge is 0.354 e. The highest BCUT2D eigenvalue weighted by Gasteiger charge is 2.19. The first-order chi connectivity index (χ1) is 7.20. The Bertz CT molecular complexity index is 386. The number of hydrogen-bond donors (Lipinski definition) is 1. The molecule has 15 heavy (non-hydrogen) atoms. The van der Waals surface area contributed by atoms with Crippen LogP contribution in [0.4, 0.5) is 5.82 Å². The van der Waals surface area contributed by atoms with E-state index < -0.39 is 5.97 Å². The number of carbonyl (C=O) groups is 1. The molecule has 1 aromatic rings. The summed E-state index contributed by atoms with van der Waals surface area (Å²) >= 11 is 0. The van der Waals surface area contributed by atoms with Crippen molar-refractivity contribution < 1.29 is 9.90 Å². The topological polar surface area (TPSA) is 66.3 Å². The van der Waals surface area contributed by atoms with Gasteiger partial charge in [0.05, 0.1) is 0 Å². The number of carboxylic acids is 1. The van der Waals surface area contributed by atoms with Crippen LogP contribution >= 0.6 is 0 Å². The van der Waals surface area contributed by atoms with Crippen molar-refractivity contribution in [2.24, 2.45) is 0 Å². The van der Waals surface area contributed by atoms with Crippen LogP contribution in [0, 0.1) is 6.92 Å². The number of nitrogens with zero attached hydrogens (tertiary/aromatic N) is 3. The second-order valence-electron chi connectivity index (χ2n) is 3.67. The van der Waals surface area contributed by atoms with E-state index >= 15 is 0 Å². The van der Waals surface area contributed by atoms with Gasteiger partial charge in [0.15, 0.2) is 5.69 Å². The summed E-state index contributed by atoms with van der Waals surface area (Å²) in [5.41, 5.74) is 0.763. The summed E-state index contributed by atoms with van der Waals surface area (Å²) in [5, 5.41) is 8.92. The molecule has 2 heterocycles. The molecule has 0 bridgehead atoms. The second-order valence-corrected chi connectivity index (χ2v) is 3.67. The Morgan fingerprint density at radius 2 is 2.07 bits per heavy atom. The maximum atomic E-state index is 10.9. The summed E-state index contributed by atoms with van der Waals surface area (Å²) < 4.78 is 0. The monoisotopic (exact) mass is 207 g/mol. The van der Waals surface area contributed by atoms with Crippen LogP contribution < -0.4 is 4.90 Å². The van der Waals surface area contributed by atoms with E-state index in [-0.39, 0.29) is 5.69 Å². The van der Waals surface area contributed by atoms with Crippen LogP contribution in [0.3, 0.4) is 0 Å². The van der Waals surface area contributed by atoms with Gasteiger partial charge in [0, 0.05) is 18.7 Å². The molecule has 0 aromatic carbocycles. The van der Waals surface area contributed by atoms with Gasteiger partial charge in [-0.2, -0.15) is 0 Å². The van der Waals surface area contributed by atoms with E-state index in [2.05, 4.69) is 14.9 Å². The van der Waals surface area contributed by atoms with E-state index in [1.54, 1.807) is 6.92 Å². The molecule has 1 fully saturated rings. The van der Waals surface area contributed by atoms with E-state index in [0.29, 0.717) is 5.56 Å². The highest BCUT2D eigenvalue weighted by molar-refractivity contribution is 5.88. The number of hydrogen-bond acceptors (Lipinski definition) is 4. The molecule has 2 rings (SSSR count). The third-order valence-electron chi connectivity index (χ3n) is 2.67. The van der Waals surface area contributed by atoms with E-state index in [1.165, 1.54) is 6.33 Å². The molecule has 1 aliphatic rings. The first-order valence-electron chi connectivity index (χ1n) is 5.00. The van der Waals surface area contributed by atoms with Crippen molar-refractivity contribution >= 4 is 11.8 Å². The number of rotatable bonds is 2. The van der Waals surface area contributed by atoms with Crippen LogP contribution in [0.1, 0.15) is 28.9 Å². The Morgan fingerprint density at radius 3 is 2.67 bits per heavy atom. The van der Waals surface area contributed by atoms with Gasteiger partial charge in [-0.1, -0.05) is 0 Å². The summed E-state index contributed by atoms with van der Waals surface area (Å²) in [4.78, 5) is 20.9. The molecule has 0 aliphatic carbocycles. The number of aromatic nitrogens is 2. The number of aromatic carboxylic acids is 1. The predicted octanol–water partition coefficient (Wildman–Crippen LogP) is 1.08. The van der Waals surface area contributed by atoms with Crippen molar-refractivity contribution in [3.63, 3.8) is 0 Å². The van der Waals surface area contributed by atoms with Gasteiger partial charge in [-0.3, -0.25) is 0 Å². The summed E-state index contributed by atoms with van der Waals surface area (Å²) in [7, 11) is 0. The Balaban J connectivity index is 2.39. The second kappa shape index (κ2) is 3.84. The normalized spacial score (nSPS) is 15.7. The fourth-order valence-electron chi connectivity index (χ4n) is 1.90. The molecule has 0 radical (unpaired) electrons. The molecular formula is C10H13N3O2. The van der Waals surface area contributed by atoms with E-state index in [9.17, 15) is 4.79 Å². The van der Waals surface area contributed by atoms with Gasteiger partial charge in [0.2, 0.25) is 0 Å². The zero-order valence-electron chi connectivity index (χ0n) is 8.60. The number of anilines is 1. The van der Waals surface area contributed by atoms with Crippen LogP contribution in [0.5, 0.6) is 0 Å². The maximum Gasteiger partial charge on any atom is 0.354 e. The first kappa shape index (κ1) is 9.89. The lowest BCUT2D eigenvalue weighted by Gasteiger charge is -2.18. The van der Waals surface area contributed by atoms with E-state index in [0.717, 1.165) is 31.7 Å². The average Bonchev–Trinajstić information content (AvgIpc) is 2.70. The lowest BCUT2D eigenvalue weighted by Crippen LogP contribution is -2.21. The van der Waals surface area contributed by atoms with Crippen molar-refractivity contribution in [1.29, 1.82) is 0 Å². The van der Waals surface area contributed by atoms with Crippen LogP contribution in [-0.4, -0.2) is 34.1 Å². The van der Waals surface area contributed by atoms with Gasteiger partial charge in [0.25, 0.3) is 0 Å². The van der Waals surface area contributed by atoms with Gasteiger partial charge in [-0.25, -0.2) is 14.8 Å². The van der Waals surface area contributed by atoms with Crippen LogP contribution in [0.15, 0.2) is 6.33 Å². The van der Waals surface area contributed by atoms with Crippen LogP contribution in [-0.2, 0) is 0 Å². The van der Waals surface area contributed by atoms with Crippen molar-refractivity contribution in [3.8, 4) is 0 Å². The summed E-state index contributed by atoms with van der Waals surface area (Å²) in [6.07, 6.45) is 3.61. The molecule has 5 heteroatoms. The lowest BCUT2D eigenvalue weighted by atomic mass is 10.2. The minimum Gasteiger partial charge on any atom is -0.476 e. The number of carboxylic acid groups (broad SMARTS) is 1. The highest BCUT2D eigenvalue weighted by atomic mass is 16.4. The Kier molecular flexibility index (Phi) is 2.53. The van der Waals surface area contributed by atoms with E-state index in [4.69, 9.17) is 5.11 Å². The van der Waals surface area contributed by atoms with Gasteiger partial charge >= 0.3 is 5.97 Å². The van der Waals surface area contributed by atoms with Crippen molar-refractivity contribution in [1.82, 2.24) is 9.97 Å². The Hall–Kier alpha value is -1.65. The quantitative estimate of drug-likeness (QED) is 0.786. The lowest BCUT2D eigenvalue weighted by molar-refractivity contribution is 0.0689. The van der Waals surface area contributed by atoms with Crippen LogP contribution in [0.2, 0.25) is 0 Å². The van der Waals surface area contributed by atoms with Gasteiger partial charge in [-0.15, -0.1) is 0 Å². The molecule has 1 aromatic heterocycles. The summed E-state index contributed by atoms with van der Waals surface area (Å²) in [6.45, 7) is 3.67. The van der Waals surface area contributed by atoms with Crippen molar-refractivity contribution in [2.45, 2.75) is 19.8 Å². The fourth-order valence-corrected chi connectivity index (χ4v) is 1.90. The van der Waals surface area contributed by atoms with Crippen molar-refractivity contribution in [2.75, 3.05) is 18.0 Å².